The van der Waals surface area contributed by atoms with Crippen LogP contribution in [0.4, 0.5) is 5.69 Å². The van der Waals surface area contributed by atoms with E-state index in [2.05, 4.69) is 36.9 Å². The molecule has 2 aromatic heterocycles. The van der Waals surface area contributed by atoms with E-state index in [4.69, 9.17) is 19.9 Å². The normalized spacial score (nSPS) is 19.1. The van der Waals surface area contributed by atoms with Crippen LogP contribution in [0.15, 0.2) is 54.7 Å². The molecule has 0 saturated carbocycles. The van der Waals surface area contributed by atoms with Gasteiger partial charge in [0.2, 0.25) is 4.96 Å². The topological polar surface area (TPSA) is 80.0 Å². The molecule has 0 amide bonds. The smallest absolute Gasteiger partial charge is 0.335 e. The van der Waals surface area contributed by atoms with Crippen LogP contribution in [0.3, 0.4) is 0 Å². The highest BCUT2D eigenvalue weighted by atomic mass is 32.1. The van der Waals surface area contributed by atoms with Crippen LogP contribution in [-0.4, -0.2) is 51.0 Å². The second-order valence-electron chi connectivity index (χ2n) is 7.82. The van der Waals surface area contributed by atoms with E-state index >= 15 is 0 Å². The van der Waals surface area contributed by atoms with Crippen LogP contribution in [0.2, 0.25) is 0 Å². The molecule has 3 heterocycles. The molecule has 158 valence electrons. The van der Waals surface area contributed by atoms with Gasteiger partial charge in [-0.05, 0) is 38.1 Å². The Morgan fingerprint density at radius 3 is 2.48 bits per heavy atom. The SMILES string of the molecule is C[C@@H]1CN(c2ccccc2-c2nn3cc(-c4ccc(C(=O)O)cc4)nc3s2)C[C@H](C)O1. The summed E-state index contributed by atoms with van der Waals surface area (Å²) in [7, 11) is 0. The Morgan fingerprint density at radius 1 is 1.10 bits per heavy atom. The van der Waals surface area contributed by atoms with Gasteiger partial charge in [-0.15, -0.1) is 0 Å². The number of anilines is 1. The quantitative estimate of drug-likeness (QED) is 0.512. The van der Waals surface area contributed by atoms with E-state index in [9.17, 15) is 4.79 Å². The van der Waals surface area contributed by atoms with Crippen molar-refractivity contribution in [2.24, 2.45) is 0 Å². The van der Waals surface area contributed by atoms with Gasteiger partial charge in [0, 0.05) is 29.9 Å². The molecule has 0 spiro atoms. The van der Waals surface area contributed by atoms with Crippen molar-refractivity contribution < 1.29 is 14.6 Å². The molecule has 1 aliphatic heterocycles. The molecule has 1 fully saturated rings. The van der Waals surface area contributed by atoms with Crippen molar-refractivity contribution in [2.45, 2.75) is 26.1 Å². The van der Waals surface area contributed by atoms with E-state index in [1.165, 1.54) is 0 Å². The highest BCUT2D eigenvalue weighted by Crippen LogP contribution is 2.35. The van der Waals surface area contributed by atoms with Gasteiger partial charge in [-0.3, -0.25) is 0 Å². The van der Waals surface area contributed by atoms with Gasteiger partial charge in [0.05, 0.1) is 29.7 Å². The number of hydrogen-bond donors (Lipinski definition) is 1. The van der Waals surface area contributed by atoms with Gasteiger partial charge in [0.15, 0.2) is 0 Å². The Bertz CT molecular complexity index is 1210. The average molecular weight is 435 g/mol. The molecule has 1 N–H and O–H groups in total. The molecule has 31 heavy (non-hydrogen) atoms. The summed E-state index contributed by atoms with van der Waals surface area (Å²) in [5.41, 5.74) is 4.14. The number of hydrogen-bond acceptors (Lipinski definition) is 6. The van der Waals surface area contributed by atoms with E-state index in [1.807, 2.05) is 12.3 Å². The fourth-order valence-corrected chi connectivity index (χ4v) is 4.95. The predicted molar refractivity (Wildman–Crippen MR) is 121 cm³/mol. The number of aromatic nitrogens is 3. The first-order chi connectivity index (χ1) is 15.0. The number of carboxylic acids is 1. The molecule has 8 heteroatoms. The van der Waals surface area contributed by atoms with Crippen molar-refractivity contribution in [1.29, 1.82) is 0 Å². The summed E-state index contributed by atoms with van der Waals surface area (Å²) in [6.45, 7) is 5.90. The summed E-state index contributed by atoms with van der Waals surface area (Å²) in [6, 6.07) is 15.0. The van der Waals surface area contributed by atoms with Gasteiger partial charge < -0.3 is 14.7 Å². The summed E-state index contributed by atoms with van der Waals surface area (Å²) in [5, 5.41) is 14.8. The first kappa shape index (κ1) is 19.7. The van der Waals surface area contributed by atoms with Crippen molar-refractivity contribution in [3.8, 4) is 21.8 Å². The number of morpholine rings is 1. The van der Waals surface area contributed by atoms with Crippen molar-refractivity contribution in [3.63, 3.8) is 0 Å². The predicted octanol–water partition coefficient (Wildman–Crippen LogP) is 4.44. The van der Waals surface area contributed by atoms with Gasteiger partial charge in [-0.25, -0.2) is 14.3 Å². The zero-order valence-electron chi connectivity index (χ0n) is 17.2. The molecule has 2 atom stereocenters. The molecular formula is C23H22N4O3S. The van der Waals surface area contributed by atoms with E-state index < -0.39 is 5.97 Å². The largest absolute Gasteiger partial charge is 0.478 e. The number of carbonyl (C=O) groups is 1. The standard InChI is InChI=1S/C23H22N4O3S/c1-14-11-26(12-15(2)30-14)20-6-4-3-5-18(20)21-25-27-13-19(24-23(27)31-21)16-7-9-17(10-8-16)22(28)29/h3-10,13-15H,11-12H2,1-2H3,(H,28,29)/t14-,15+. The van der Waals surface area contributed by atoms with Crippen LogP contribution in [0.25, 0.3) is 26.8 Å². The van der Waals surface area contributed by atoms with E-state index in [-0.39, 0.29) is 17.8 Å². The van der Waals surface area contributed by atoms with Gasteiger partial charge in [-0.2, -0.15) is 5.10 Å². The maximum Gasteiger partial charge on any atom is 0.335 e. The molecule has 0 bridgehead atoms. The number of ether oxygens (including phenoxy) is 1. The summed E-state index contributed by atoms with van der Waals surface area (Å²) < 4.78 is 7.69. The third kappa shape index (κ3) is 3.80. The number of nitrogens with zero attached hydrogens (tertiary/aromatic N) is 4. The second-order valence-corrected chi connectivity index (χ2v) is 8.78. The Morgan fingerprint density at radius 2 is 1.81 bits per heavy atom. The van der Waals surface area contributed by atoms with Crippen molar-refractivity contribution in [1.82, 2.24) is 14.6 Å². The monoisotopic (exact) mass is 434 g/mol. The number of fused-ring (bicyclic) bond motifs is 1. The molecule has 1 aliphatic rings. The maximum atomic E-state index is 11.1. The average Bonchev–Trinajstić information content (AvgIpc) is 3.32. The Balaban J connectivity index is 1.47. The lowest BCUT2D eigenvalue weighted by atomic mass is 10.1. The van der Waals surface area contributed by atoms with E-state index in [0.29, 0.717) is 0 Å². The minimum Gasteiger partial charge on any atom is -0.478 e. The summed E-state index contributed by atoms with van der Waals surface area (Å²) in [4.78, 5) is 18.9. The van der Waals surface area contributed by atoms with Crippen LogP contribution < -0.4 is 4.90 Å². The fraction of sp³-hybridized carbons (Fsp3) is 0.261. The zero-order valence-corrected chi connectivity index (χ0v) is 18.0. The first-order valence-electron chi connectivity index (χ1n) is 10.2. The van der Waals surface area contributed by atoms with Crippen LogP contribution in [-0.2, 0) is 4.74 Å². The molecule has 7 nitrogen and oxygen atoms in total. The molecule has 5 rings (SSSR count). The van der Waals surface area contributed by atoms with Crippen LogP contribution >= 0.6 is 11.3 Å². The number of carboxylic acid groups (broad SMARTS) is 1. The lowest BCUT2D eigenvalue weighted by molar-refractivity contribution is -0.00518. The lowest BCUT2D eigenvalue weighted by Gasteiger charge is -2.37. The van der Waals surface area contributed by atoms with Crippen molar-refractivity contribution in [2.75, 3.05) is 18.0 Å². The van der Waals surface area contributed by atoms with Crippen molar-refractivity contribution in [3.05, 3.63) is 60.3 Å². The molecule has 0 radical (unpaired) electrons. The van der Waals surface area contributed by atoms with Crippen LogP contribution in [0, 0.1) is 0 Å². The van der Waals surface area contributed by atoms with E-state index in [1.54, 1.807) is 40.1 Å². The number of aromatic carboxylic acids is 1. The van der Waals surface area contributed by atoms with Gasteiger partial charge in [0.1, 0.15) is 5.01 Å². The number of benzene rings is 2. The van der Waals surface area contributed by atoms with Gasteiger partial charge in [-0.1, -0.05) is 35.6 Å². The number of rotatable bonds is 4. The Labute approximate surface area is 183 Å². The molecular weight excluding hydrogens is 412 g/mol. The minimum atomic E-state index is -0.939. The highest BCUT2D eigenvalue weighted by Gasteiger charge is 2.25. The van der Waals surface area contributed by atoms with Gasteiger partial charge in [0.25, 0.3) is 0 Å². The zero-order chi connectivity index (χ0) is 21.5. The maximum absolute atomic E-state index is 11.1. The van der Waals surface area contributed by atoms with E-state index in [0.717, 1.165) is 45.6 Å². The second kappa shape index (κ2) is 7.79. The molecule has 2 aromatic carbocycles. The molecule has 0 aliphatic carbocycles. The third-order valence-corrected chi connectivity index (χ3v) is 6.32. The minimum absolute atomic E-state index is 0.181. The fourth-order valence-electron chi connectivity index (χ4n) is 4.04. The summed E-state index contributed by atoms with van der Waals surface area (Å²) in [6.07, 6.45) is 2.24. The van der Waals surface area contributed by atoms with Gasteiger partial charge >= 0.3 is 5.97 Å². The Hall–Kier alpha value is -3.23. The van der Waals surface area contributed by atoms with Crippen LogP contribution in [0.1, 0.15) is 24.2 Å². The third-order valence-electron chi connectivity index (χ3n) is 5.37. The molecule has 0 unspecified atom stereocenters. The van der Waals surface area contributed by atoms with Crippen molar-refractivity contribution >= 4 is 28.0 Å². The summed E-state index contributed by atoms with van der Waals surface area (Å²) in [5.74, 6) is -0.939. The number of imidazole rings is 1. The van der Waals surface area contributed by atoms with Crippen LogP contribution in [0.5, 0.6) is 0 Å². The molecule has 4 aromatic rings. The lowest BCUT2D eigenvalue weighted by Crippen LogP contribution is -2.45. The Kier molecular flexibility index (Phi) is 4.95. The first-order valence-corrected chi connectivity index (χ1v) is 11.0. The summed E-state index contributed by atoms with van der Waals surface area (Å²) >= 11 is 1.54. The number of para-hydroxylation sites is 1. The molecule has 1 saturated heterocycles. The highest BCUT2D eigenvalue weighted by molar-refractivity contribution is 7.19.